The van der Waals surface area contributed by atoms with Crippen LogP contribution in [0.1, 0.15) is 0 Å². The molecule has 0 amide bonds. The van der Waals surface area contributed by atoms with E-state index in [1.165, 1.54) is 19.0 Å². The van der Waals surface area contributed by atoms with Crippen molar-refractivity contribution >= 4 is 16.7 Å². The molecule has 88 valence electrons. The molecular weight excluding hydrogens is 226 g/mol. The van der Waals surface area contributed by atoms with Crippen LogP contribution in [-0.4, -0.2) is 29.3 Å². The molecule has 0 unspecified atom stereocenters. The Morgan fingerprint density at radius 1 is 1.18 bits per heavy atom. The predicted molar refractivity (Wildman–Crippen MR) is 56.3 cm³/mol. The van der Waals surface area contributed by atoms with Crippen molar-refractivity contribution in [2.75, 3.05) is 14.2 Å². The summed E-state index contributed by atoms with van der Waals surface area (Å²) in [7, 11) is 2.81. The zero-order valence-electron chi connectivity index (χ0n) is 9.18. The van der Waals surface area contributed by atoms with E-state index in [2.05, 4.69) is 40.9 Å². The van der Waals surface area contributed by atoms with E-state index in [4.69, 9.17) is 0 Å². The van der Waals surface area contributed by atoms with E-state index < -0.39 is 0 Å². The fraction of sp³-hybridized carbons (Fsp3) is 0.250. The third-order valence-electron chi connectivity index (χ3n) is 1.85. The minimum Gasteiger partial charge on any atom is -0.383 e. The van der Waals surface area contributed by atoms with Crippen molar-refractivity contribution in [3.63, 3.8) is 0 Å². The number of nitrogens with zero attached hydrogens (tertiary/aromatic N) is 7. The van der Waals surface area contributed by atoms with Gasteiger partial charge in [0.1, 0.15) is 25.3 Å². The molecule has 0 fully saturated rings. The fourth-order valence-electron chi connectivity index (χ4n) is 1.18. The first-order valence-electron chi connectivity index (χ1n) is 4.59. The molecule has 1 aromatic carbocycles. The maximum Gasteiger partial charge on any atom is 0.119 e. The van der Waals surface area contributed by atoms with Gasteiger partial charge in [-0.05, 0) is 28.6 Å². The summed E-state index contributed by atoms with van der Waals surface area (Å²) in [5.74, 6) is 0. The van der Waals surface area contributed by atoms with Crippen molar-refractivity contribution in [3.05, 3.63) is 18.2 Å². The van der Waals surface area contributed by atoms with Gasteiger partial charge in [0.2, 0.25) is 0 Å². The van der Waals surface area contributed by atoms with Gasteiger partial charge in [0, 0.05) is 10.6 Å². The SMILES string of the molecule is CON=Nc1ccc2nnn(/N=N/OC)c2c1. The van der Waals surface area contributed by atoms with Gasteiger partial charge in [0.15, 0.2) is 0 Å². The standard InChI is InChI=1S/C8H9N7O2/c1-16-13-9-6-3-4-7-8(5-6)15(11-10-7)12-14-17-2/h3-5H,1-2H3/b13-9?,14-12+. The Labute approximate surface area is 95.6 Å². The van der Waals surface area contributed by atoms with Crippen LogP contribution in [0.4, 0.5) is 5.69 Å². The molecule has 0 spiro atoms. The lowest BCUT2D eigenvalue weighted by molar-refractivity contribution is 0.179. The molecule has 0 bridgehead atoms. The van der Waals surface area contributed by atoms with Crippen LogP contribution >= 0.6 is 0 Å². The molecule has 2 aromatic rings. The van der Waals surface area contributed by atoms with Gasteiger partial charge >= 0.3 is 0 Å². The number of aromatic nitrogens is 3. The van der Waals surface area contributed by atoms with Crippen molar-refractivity contribution in [1.82, 2.24) is 15.1 Å². The summed E-state index contributed by atoms with van der Waals surface area (Å²) >= 11 is 0. The molecule has 0 N–H and O–H groups in total. The smallest absolute Gasteiger partial charge is 0.119 e. The summed E-state index contributed by atoms with van der Waals surface area (Å²) < 4.78 is 0. The average molecular weight is 235 g/mol. The van der Waals surface area contributed by atoms with Crippen LogP contribution in [0.25, 0.3) is 11.0 Å². The van der Waals surface area contributed by atoms with Crippen molar-refractivity contribution in [2.45, 2.75) is 0 Å². The molecular formula is C8H9N7O2. The minimum atomic E-state index is 0.593. The number of benzene rings is 1. The Morgan fingerprint density at radius 3 is 2.76 bits per heavy atom. The predicted octanol–water partition coefficient (Wildman–Crippen LogP) is 1.85. The molecule has 2 rings (SSSR count). The summed E-state index contributed by atoms with van der Waals surface area (Å²) in [6.45, 7) is 0. The van der Waals surface area contributed by atoms with Crippen LogP contribution in [0.3, 0.4) is 0 Å². The van der Waals surface area contributed by atoms with Crippen LogP contribution in [0.5, 0.6) is 0 Å². The van der Waals surface area contributed by atoms with E-state index >= 15 is 0 Å². The monoisotopic (exact) mass is 235 g/mol. The van der Waals surface area contributed by atoms with E-state index in [9.17, 15) is 0 Å². The van der Waals surface area contributed by atoms with E-state index in [0.29, 0.717) is 16.7 Å². The topological polar surface area (TPSA) is 98.6 Å². The summed E-state index contributed by atoms with van der Waals surface area (Å²) in [6, 6.07) is 5.18. The van der Waals surface area contributed by atoms with Gasteiger partial charge in [0.25, 0.3) is 0 Å². The zero-order valence-corrected chi connectivity index (χ0v) is 9.18. The zero-order chi connectivity index (χ0) is 12.1. The molecule has 0 aliphatic heterocycles. The molecule has 0 aliphatic carbocycles. The van der Waals surface area contributed by atoms with Crippen molar-refractivity contribution in [3.8, 4) is 0 Å². The second-order valence-electron chi connectivity index (χ2n) is 2.87. The molecule has 0 aliphatic rings. The molecule has 17 heavy (non-hydrogen) atoms. The second-order valence-corrected chi connectivity index (χ2v) is 2.87. The third-order valence-corrected chi connectivity index (χ3v) is 1.85. The summed E-state index contributed by atoms with van der Waals surface area (Å²) in [6.07, 6.45) is 0. The number of fused-ring (bicyclic) bond motifs is 1. The second kappa shape index (κ2) is 4.96. The lowest BCUT2D eigenvalue weighted by Crippen LogP contribution is -1.89. The molecule has 1 aromatic heterocycles. The summed E-state index contributed by atoms with van der Waals surface area (Å²) in [5.41, 5.74) is 1.89. The van der Waals surface area contributed by atoms with Crippen LogP contribution in [0.15, 0.2) is 39.1 Å². The Hall–Kier alpha value is -2.58. The van der Waals surface area contributed by atoms with E-state index in [0.717, 1.165) is 0 Å². The molecule has 1 heterocycles. The fourth-order valence-corrected chi connectivity index (χ4v) is 1.18. The molecule has 0 saturated carbocycles. The Balaban J connectivity index is 2.42. The largest absolute Gasteiger partial charge is 0.383 e. The van der Waals surface area contributed by atoms with Crippen LogP contribution in [0, 0.1) is 0 Å². The number of rotatable bonds is 4. The van der Waals surface area contributed by atoms with E-state index in [1.807, 2.05) is 0 Å². The molecule has 0 atom stereocenters. The van der Waals surface area contributed by atoms with Crippen LogP contribution < -0.4 is 0 Å². The Morgan fingerprint density at radius 2 is 2.00 bits per heavy atom. The quantitative estimate of drug-likeness (QED) is 0.596. The Kier molecular flexibility index (Phi) is 3.19. The normalized spacial score (nSPS) is 11.6. The summed E-state index contributed by atoms with van der Waals surface area (Å²) in [4.78, 5) is 10.2. The summed E-state index contributed by atoms with van der Waals surface area (Å²) in [5, 5.41) is 21.9. The van der Waals surface area contributed by atoms with Gasteiger partial charge in [-0.15, -0.1) is 15.0 Å². The van der Waals surface area contributed by atoms with Gasteiger partial charge < -0.3 is 9.68 Å². The van der Waals surface area contributed by atoms with Crippen LogP contribution in [0.2, 0.25) is 0 Å². The van der Waals surface area contributed by atoms with E-state index in [1.54, 1.807) is 18.2 Å². The van der Waals surface area contributed by atoms with E-state index in [-0.39, 0.29) is 0 Å². The highest BCUT2D eigenvalue weighted by Gasteiger charge is 2.04. The van der Waals surface area contributed by atoms with Crippen molar-refractivity contribution in [2.24, 2.45) is 20.9 Å². The van der Waals surface area contributed by atoms with Gasteiger partial charge in [-0.3, -0.25) is 0 Å². The highest BCUT2D eigenvalue weighted by molar-refractivity contribution is 5.77. The van der Waals surface area contributed by atoms with Crippen molar-refractivity contribution < 1.29 is 9.68 Å². The first-order valence-corrected chi connectivity index (χ1v) is 4.59. The molecule has 9 heteroatoms. The number of hydrogen-bond acceptors (Lipinski definition) is 8. The van der Waals surface area contributed by atoms with Crippen molar-refractivity contribution in [1.29, 1.82) is 0 Å². The molecule has 9 nitrogen and oxygen atoms in total. The van der Waals surface area contributed by atoms with Gasteiger partial charge in [-0.2, -0.15) is 0 Å². The number of hydrogen-bond donors (Lipinski definition) is 0. The van der Waals surface area contributed by atoms with Gasteiger partial charge in [0.05, 0.1) is 5.69 Å². The maximum absolute atomic E-state index is 4.49. The Bertz CT molecular complexity index is 562. The molecule has 0 saturated heterocycles. The molecule has 0 radical (unpaired) electrons. The first-order chi connectivity index (χ1) is 8.35. The minimum absolute atomic E-state index is 0.593. The first kappa shape index (κ1) is 10.9. The lowest BCUT2D eigenvalue weighted by atomic mass is 10.3. The highest BCUT2D eigenvalue weighted by atomic mass is 16.6. The maximum atomic E-state index is 4.49. The average Bonchev–Trinajstić information content (AvgIpc) is 2.76. The highest BCUT2D eigenvalue weighted by Crippen LogP contribution is 2.19. The van der Waals surface area contributed by atoms with Gasteiger partial charge in [-0.1, -0.05) is 0 Å². The lowest BCUT2D eigenvalue weighted by Gasteiger charge is -1.93. The van der Waals surface area contributed by atoms with Gasteiger partial charge in [-0.25, -0.2) is 0 Å². The van der Waals surface area contributed by atoms with Crippen LogP contribution in [-0.2, 0) is 9.68 Å². The third kappa shape index (κ3) is 2.33.